The lowest BCUT2D eigenvalue weighted by molar-refractivity contribution is -0.132. The maximum Gasteiger partial charge on any atom is 0.254 e. The molecule has 0 aromatic heterocycles. The second-order valence-corrected chi connectivity index (χ2v) is 8.25. The van der Waals surface area contributed by atoms with Crippen molar-refractivity contribution in [1.82, 2.24) is 9.80 Å². The van der Waals surface area contributed by atoms with Gasteiger partial charge in [-0.3, -0.25) is 19.3 Å². The Labute approximate surface area is 197 Å². The fourth-order valence-corrected chi connectivity index (χ4v) is 3.99. The molecule has 4 rings (SSSR count). The molecule has 0 spiro atoms. The number of rotatable bonds is 7. The minimum Gasteiger partial charge on any atom is -0.383 e. The zero-order chi connectivity index (χ0) is 23.4. The average Bonchev–Trinajstić information content (AvgIpc) is 3.22. The van der Waals surface area contributed by atoms with Gasteiger partial charge in [-0.25, -0.2) is 0 Å². The lowest BCUT2D eigenvalue weighted by Gasteiger charge is -2.25. The van der Waals surface area contributed by atoms with Crippen molar-refractivity contribution in [2.45, 2.75) is 0 Å². The summed E-state index contributed by atoms with van der Waals surface area (Å²) < 4.78 is 5.15. The van der Waals surface area contributed by atoms with Crippen molar-refractivity contribution in [1.29, 1.82) is 0 Å². The third kappa shape index (κ3) is 5.16. The van der Waals surface area contributed by atoms with Gasteiger partial charge in [0.1, 0.15) is 19.8 Å². The Morgan fingerprint density at radius 1 is 1.03 bits per heavy atom. The van der Waals surface area contributed by atoms with E-state index < -0.39 is 0 Å². The summed E-state index contributed by atoms with van der Waals surface area (Å²) in [7, 11) is 1.54. The lowest BCUT2D eigenvalue weighted by Crippen LogP contribution is -2.44. The van der Waals surface area contributed by atoms with Gasteiger partial charge in [0.05, 0.1) is 6.61 Å². The first-order valence-electron chi connectivity index (χ1n) is 10.6. The van der Waals surface area contributed by atoms with Crippen LogP contribution in [-0.2, 0) is 14.3 Å². The van der Waals surface area contributed by atoms with Crippen LogP contribution in [0.4, 0.5) is 5.69 Å². The quantitative estimate of drug-likeness (QED) is 0.536. The van der Waals surface area contributed by atoms with Gasteiger partial charge in [-0.1, -0.05) is 48.0 Å². The van der Waals surface area contributed by atoms with E-state index in [0.29, 0.717) is 22.9 Å². The fraction of sp³-hybridized carbons (Fsp3) is 0.240. The molecule has 0 N–H and O–H groups in total. The van der Waals surface area contributed by atoms with Gasteiger partial charge in [0, 0.05) is 29.9 Å². The van der Waals surface area contributed by atoms with E-state index in [1.165, 1.54) is 14.7 Å². The second-order valence-electron chi connectivity index (χ2n) is 7.82. The molecular formula is C25H24ClN3O4. The molecule has 1 fully saturated rings. The highest BCUT2D eigenvalue weighted by molar-refractivity contribution is 6.31. The number of ether oxygens (including phenoxy) is 1. The van der Waals surface area contributed by atoms with Crippen LogP contribution in [0.3, 0.4) is 0 Å². The third-order valence-electron chi connectivity index (χ3n) is 5.59. The molecule has 1 heterocycles. The summed E-state index contributed by atoms with van der Waals surface area (Å²) in [5.74, 6) is -0.767. The Hall–Kier alpha value is -3.42. The fourth-order valence-electron chi connectivity index (χ4n) is 3.81. The van der Waals surface area contributed by atoms with Gasteiger partial charge >= 0.3 is 0 Å². The minimum atomic E-state index is -0.307. The van der Waals surface area contributed by atoms with E-state index in [1.54, 1.807) is 37.4 Å². The van der Waals surface area contributed by atoms with Crippen LogP contribution in [-0.4, -0.2) is 67.5 Å². The normalized spacial score (nSPS) is 13.6. The van der Waals surface area contributed by atoms with E-state index in [0.717, 1.165) is 10.8 Å². The van der Waals surface area contributed by atoms with E-state index in [-0.39, 0.29) is 44.0 Å². The summed E-state index contributed by atoms with van der Waals surface area (Å²) in [5.41, 5.74) is 1.13. The van der Waals surface area contributed by atoms with Gasteiger partial charge in [0.2, 0.25) is 11.8 Å². The van der Waals surface area contributed by atoms with Gasteiger partial charge in [-0.2, -0.15) is 0 Å². The van der Waals surface area contributed by atoms with Crippen LogP contribution in [0.15, 0.2) is 66.7 Å². The topological polar surface area (TPSA) is 70.2 Å². The Bertz CT molecular complexity index is 1200. The highest BCUT2D eigenvalue weighted by Gasteiger charge is 2.33. The molecule has 0 unspecified atom stereocenters. The number of halogens is 1. The predicted molar refractivity (Wildman–Crippen MR) is 127 cm³/mol. The maximum absolute atomic E-state index is 13.2. The maximum atomic E-state index is 13.2. The summed E-state index contributed by atoms with van der Waals surface area (Å²) in [6.45, 7) is 0.466. The molecule has 0 radical (unpaired) electrons. The number of hydrogen-bond donors (Lipinski definition) is 0. The SMILES string of the molecule is COCCN(CC(=O)N1CC(=O)N(c2cccc(Cl)c2)C1)C(=O)c1ccc2ccccc2c1. The number of hydrogen-bond acceptors (Lipinski definition) is 4. The standard InChI is InChI=1S/C25H24ClN3O4/c1-33-12-11-27(25(32)20-10-9-18-5-2-3-6-19(18)13-20)15-23(30)28-16-24(31)29(17-28)22-8-4-7-21(26)14-22/h2-10,13-14H,11-12,15-17H2,1H3. The molecule has 0 atom stereocenters. The third-order valence-corrected chi connectivity index (χ3v) is 5.82. The number of nitrogens with zero attached hydrogens (tertiary/aromatic N) is 3. The van der Waals surface area contributed by atoms with Gasteiger partial charge < -0.3 is 14.5 Å². The summed E-state index contributed by atoms with van der Waals surface area (Å²) >= 11 is 6.04. The molecule has 3 aromatic carbocycles. The predicted octanol–water partition coefficient (Wildman–Crippen LogP) is 3.41. The number of anilines is 1. The van der Waals surface area contributed by atoms with Crippen LogP contribution < -0.4 is 4.90 Å². The summed E-state index contributed by atoms with van der Waals surface area (Å²) in [6.07, 6.45) is 0. The number of methoxy groups -OCH3 is 1. The van der Waals surface area contributed by atoms with Crippen LogP contribution in [0.1, 0.15) is 10.4 Å². The Morgan fingerprint density at radius 3 is 2.58 bits per heavy atom. The number of amides is 3. The largest absolute Gasteiger partial charge is 0.383 e. The smallest absolute Gasteiger partial charge is 0.254 e. The van der Waals surface area contributed by atoms with Crippen molar-refractivity contribution in [3.8, 4) is 0 Å². The summed E-state index contributed by atoms with van der Waals surface area (Å²) in [6, 6.07) is 20.2. The van der Waals surface area contributed by atoms with E-state index in [2.05, 4.69) is 0 Å². The average molecular weight is 466 g/mol. The van der Waals surface area contributed by atoms with Gasteiger partial charge in [0.15, 0.2) is 0 Å². The van der Waals surface area contributed by atoms with Crippen molar-refractivity contribution in [2.24, 2.45) is 0 Å². The number of carbonyl (C=O) groups excluding carboxylic acids is 3. The summed E-state index contributed by atoms with van der Waals surface area (Å²) in [4.78, 5) is 43.2. The molecule has 3 aromatic rings. The van der Waals surface area contributed by atoms with Gasteiger partial charge in [-0.05, 0) is 41.1 Å². The Morgan fingerprint density at radius 2 is 1.82 bits per heavy atom. The Kier molecular flexibility index (Phi) is 6.91. The van der Waals surface area contributed by atoms with Crippen molar-refractivity contribution in [3.63, 3.8) is 0 Å². The summed E-state index contributed by atoms with van der Waals surface area (Å²) in [5, 5.41) is 2.49. The molecular weight excluding hydrogens is 442 g/mol. The first-order chi connectivity index (χ1) is 16.0. The monoisotopic (exact) mass is 465 g/mol. The second kappa shape index (κ2) is 10.0. The molecule has 3 amide bonds. The first kappa shape index (κ1) is 22.8. The van der Waals surface area contributed by atoms with Crippen LogP contribution in [0.5, 0.6) is 0 Å². The van der Waals surface area contributed by atoms with Crippen LogP contribution >= 0.6 is 11.6 Å². The molecule has 0 bridgehead atoms. The highest BCUT2D eigenvalue weighted by atomic mass is 35.5. The van der Waals surface area contributed by atoms with Crippen molar-refractivity contribution < 1.29 is 19.1 Å². The van der Waals surface area contributed by atoms with Crippen molar-refractivity contribution in [2.75, 3.05) is 44.9 Å². The molecule has 33 heavy (non-hydrogen) atoms. The molecule has 7 nitrogen and oxygen atoms in total. The molecule has 170 valence electrons. The Balaban J connectivity index is 1.49. The van der Waals surface area contributed by atoms with E-state index >= 15 is 0 Å². The van der Waals surface area contributed by atoms with Crippen LogP contribution in [0.25, 0.3) is 10.8 Å². The molecule has 1 aliphatic rings. The first-order valence-corrected chi connectivity index (χ1v) is 10.9. The van der Waals surface area contributed by atoms with Gasteiger partial charge in [-0.15, -0.1) is 0 Å². The van der Waals surface area contributed by atoms with E-state index in [1.807, 2.05) is 36.4 Å². The zero-order valence-corrected chi connectivity index (χ0v) is 19.0. The zero-order valence-electron chi connectivity index (χ0n) is 18.2. The van der Waals surface area contributed by atoms with Crippen LogP contribution in [0.2, 0.25) is 5.02 Å². The number of carbonyl (C=O) groups is 3. The molecule has 0 saturated carbocycles. The lowest BCUT2D eigenvalue weighted by atomic mass is 10.1. The van der Waals surface area contributed by atoms with Crippen molar-refractivity contribution >= 4 is 45.8 Å². The van der Waals surface area contributed by atoms with Gasteiger partial charge in [0.25, 0.3) is 5.91 Å². The minimum absolute atomic E-state index is 0.0480. The van der Waals surface area contributed by atoms with Crippen LogP contribution in [0, 0.1) is 0 Å². The van der Waals surface area contributed by atoms with E-state index in [9.17, 15) is 14.4 Å². The van der Waals surface area contributed by atoms with E-state index in [4.69, 9.17) is 16.3 Å². The molecule has 8 heteroatoms. The molecule has 1 aliphatic heterocycles. The highest BCUT2D eigenvalue weighted by Crippen LogP contribution is 2.23. The molecule has 1 saturated heterocycles. The van der Waals surface area contributed by atoms with Crippen molar-refractivity contribution in [3.05, 3.63) is 77.3 Å². The number of benzene rings is 3. The molecule has 0 aliphatic carbocycles. The number of fused-ring (bicyclic) bond motifs is 1.